The van der Waals surface area contributed by atoms with E-state index >= 15 is 0 Å². The van der Waals surface area contributed by atoms with E-state index in [9.17, 15) is 4.79 Å². The molecule has 2 amide bonds. The van der Waals surface area contributed by atoms with Crippen molar-refractivity contribution in [3.05, 3.63) is 24.3 Å². The van der Waals surface area contributed by atoms with Crippen LogP contribution in [0.15, 0.2) is 29.3 Å². The molecule has 0 bridgehead atoms. The van der Waals surface area contributed by atoms with Crippen LogP contribution in [-0.4, -0.2) is 12.0 Å². The van der Waals surface area contributed by atoms with Gasteiger partial charge in [0.05, 0.1) is 11.4 Å². The number of nitrogens with two attached hydrogens (primary N) is 3. The van der Waals surface area contributed by atoms with Crippen LogP contribution in [0.25, 0.3) is 0 Å². The largest absolute Gasteiger partial charge is 0.370 e. The number of benzene rings is 1. The number of hydrogen-bond acceptors (Lipinski definition) is 2. The Morgan fingerprint density at radius 1 is 1.21 bits per heavy atom. The van der Waals surface area contributed by atoms with Gasteiger partial charge in [0.15, 0.2) is 5.96 Å². The molecule has 0 spiro atoms. The number of carbonyl (C=O) groups excluding carboxylic acids is 1. The lowest BCUT2D eigenvalue weighted by Gasteiger charge is -2.04. The third-order valence-corrected chi connectivity index (χ3v) is 1.41. The summed E-state index contributed by atoms with van der Waals surface area (Å²) in [6.45, 7) is 0. The van der Waals surface area contributed by atoms with E-state index in [1.807, 2.05) is 0 Å². The van der Waals surface area contributed by atoms with Crippen molar-refractivity contribution in [3.63, 3.8) is 0 Å². The second-order valence-corrected chi connectivity index (χ2v) is 2.54. The number of hydrogen-bond donors (Lipinski definition) is 4. The van der Waals surface area contributed by atoms with Gasteiger partial charge < -0.3 is 22.5 Å². The first-order chi connectivity index (χ1) is 6.59. The Hall–Kier alpha value is -2.24. The molecule has 6 nitrogen and oxygen atoms in total. The molecule has 1 rings (SSSR count). The predicted molar refractivity (Wildman–Crippen MR) is 55.1 cm³/mol. The molecule has 0 aliphatic carbocycles. The summed E-state index contributed by atoms with van der Waals surface area (Å²) >= 11 is 0. The first-order valence-electron chi connectivity index (χ1n) is 3.84. The lowest BCUT2D eigenvalue weighted by Crippen LogP contribution is -2.22. The van der Waals surface area contributed by atoms with Crippen molar-refractivity contribution in [3.8, 4) is 0 Å². The second-order valence-electron chi connectivity index (χ2n) is 2.54. The average molecular weight is 193 g/mol. The van der Waals surface area contributed by atoms with Crippen LogP contribution in [0.2, 0.25) is 0 Å². The van der Waals surface area contributed by atoms with E-state index in [1.165, 1.54) is 0 Å². The zero-order chi connectivity index (χ0) is 10.6. The molecule has 0 heterocycles. The van der Waals surface area contributed by atoms with Gasteiger partial charge in [0.1, 0.15) is 0 Å². The molecular weight excluding hydrogens is 182 g/mol. The molecule has 0 saturated heterocycles. The van der Waals surface area contributed by atoms with Gasteiger partial charge in [-0.2, -0.15) is 0 Å². The Kier molecular flexibility index (Phi) is 2.90. The Balaban J connectivity index is 3.03. The van der Waals surface area contributed by atoms with Crippen LogP contribution >= 0.6 is 0 Å². The van der Waals surface area contributed by atoms with E-state index in [1.54, 1.807) is 24.3 Å². The minimum atomic E-state index is -0.664. The Morgan fingerprint density at radius 3 is 2.43 bits per heavy atom. The van der Waals surface area contributed by atoms with Gasteiger partial charge >= 0.3 is 6.03 Å². The number of aliphatic imine (C=N–C) groups is 1. The van der Waals surface area contributed by atoms with Crippen molar-refractivity contribution in [2.45, 2.75) is 0 Å². The Bertz CT molecular complexity index is 370. The van der Waals surface area contributed by atoms with Gasteiger partial charge in [0.25, 0.3) is 0 Å². The first-order valence-corrected chi connectivity index (χ1v) is 3.84. The van der Waals surface area contributed by atoms with E-state index in [4.69, 9.17) is 17.2 Å². The normalized spacial score (nSPS) is 9.14. The lowest BCUT2D eigenvalue weighted by atomic mass is 10.3. The molecule has 0 saturated carbocycles. The maximum Gasteiger partial charge on any atom is 0.316 e. The number of amides is 2. The summed E-state index contributed by atoms with van der Waals surface area (Å²) in [6.07, 6.45) is 0. The molecular formula is C8H11N5O. The van der Waals surface area contributed by atoms with Crippen molar-refractivity contribution in [1.82, 2.24) is 0 Å². The summed E-state index contributed by atoms with van der Waals surface area (Å²) < 4.78 is 0. The molecule has 14 heavy (non-hydrogen) atoms. The zero-order valence-corrected chi connectivity index (χ0v) is 7.40. The average Bonchev–Trinajstić information content (AvgIpc) is 2.06. The highest BCUT2D eigenvalue weighted by Gasteiger charge is 2.01. The lowest BCUT2D eigenvalue weighted by molar-refractivity contribution is 0.259. The van der Waals surface area contributed by atoms with Crippen LogP contribution in [-0.2, 0) is 0 Å². The van der Waals surface area contributed by atoms with E-state index < -0.39 is 6.03 Å². The number of nitrogens with one attached hydrogen (secondary N) is 1. The fourth-order valence-electron chi connectivity index (χ4n) is 0.949. The molecule has 7 N–H and O–H groups in total. The number of primary amides is 1. The highest BCUT2D eigenvalue weighted by molar-refractivity contribution is 5.92. The Labute approximate surface area is 80.8 Å². The van der Waals surface area contributed by atoms with Gasteiger partial charge in [-0.15, -0.1) is 0 Å². The maximum absolute atomic E-state index is 10.6. The summed E-state index contributed by atoms with van der Waals surface area (Å²) in [5.41, 5.74) is 16.3. The van der Waals surface area contributed by atoms with Crippen molar-refractivity contribution >= 4 is 23.4 Å². The molecule has 0 aliphatic rings. The van der Waals surface area contributed by atoms with Crippen LogP contribution in [0.4, 0.5) is 16.2 Å². The number of nitrogens with zero attached hydrogens (tertiary/aromatic N) is 1. The van der Waals surface area contributed by atoms with E-state index in [2.05, 4.69) is 10.3 Å². The van der Waals surface area contributed by atoms with Crippen molar-refractivity contribution < 1.29 is 4.79 Å². The Morgan fingerprint density at radius 2 is 1.86 bits per heavy atom. The van der Waals surface area contributed by atoms with Crippen LogP contribution in [0.3, 0.4) is 0 Å². The van der Waals surface area contributed by atoms with Crippen LogP contribution in [0.1, 0.15) is 0 Å². The van der Waals surface area contributed by atoms with Gasteiger partial charge in [-0.05, 0) is 12.1 Å². The first kappa shape index (κ1) is 9.85. The SMILES string of the molecule is NC(=O)Nc1ccccc1N=C(N)N. The third kappa shape index (κ3) is 2.67. The van der Waals surface area contributed by atoms with Crippen molar-refractivity contribution in [1.29, 1.82) is 0 Å². The van der Waals surface area contributed by atoms with Gasteiger partial charge in [0, 0.05) is 0 Å². The number of urea groups is 1. The van der Waals surface area contributed by atoms with Gasteiger partial charge in [-0.3, -0.25) is 0 Å². The second kappa shape index (κ2) is 4.13. The number of rotatable bonds is 2. The summed E-state index contributed by atoms with van der Waals surface area (Å²) in [6, 6.07) is 6.12. The predicted octanol–water partition coefficient (Wildman–Crippen LogP) is 0.0821. The molecule has 0 unspecified atom stereocenters. The number of anilines is 1. The molecule has 0 aromatic heterocycles. The quantitative estimate of drug-likeness (QED) is 0.393. The fraction of sp³-hybridized carbons (Fsp3) is 0. The molecule has 0 aliphatic heterocycles. The topological polar surface area (TPSA) is 120 Å². The molecule has 0 atom stereocenters. The van der Waals surface area contributed by atoms with Crippen molar-refractivity contribution in [2.75, 3.05) is 5.32 Å². The third-order valence-electron chi connectivity index (χ3n) is 1.41. The molecule has 6 heteroatoms. The molecule has 1 aromatic rings. The van der Waals surface area contributed by atoms with Crippen molar-refractivity contribution in [2.24, 2.45) is 22.2 Å². The number of para-hydroxylation sites is 2. The molecule has 1 aromatic carbocycles. The maximum atomic E-state index is 10.6. The summed E-state index contributed by atoms with van der Waals surface area (Å²) in [5, 5.41) is 2.40. The summed E-state index contributed by atoms with van der Waals surface area (Å²) in [4.78, 5) is 14.4. The molecule has 0 radical (unpaired) electrons. The number of guanidine groups is 1. The van der Waals surface area contributed by atoms with Gasteiger partial charge in [-0.25, -0.2) is 9.79 Å². The van der Waals surface area contributed by atoms with Crippen LogP contribution < -0.4 is 22.5 Å². The van der Waals surface area contributed by atoms with Crippen LogP contribution in [0, 0.1) is 0 Å². The highest BCUT2D eigenvalue weighted by atomic mass is 16.2. The summed E-state index contributed by atoms with van der Waals surface area (Å²) in [7, 11) is 0. The smallest absolute Gasteiger partial charge is 0.316 e. The van der Waals surface area contributed by atoms with E-state index in [-0.39, 0.29) is 5.96 Å². The minimum absolute atomic E-state index is 0.0799. The zero-order valence-electron chi connectivity index (χ0n) is 7.40. The van der Waals surface area contributed by atoms with E-state index in [0.717, 1.165) is 0 Å². The monoisotopic (exact) mass is 193 g/mol. The molecule has 74 valence electrons. The van der Waals surface area contributed by atoms with Gasteiger partial charge in [-0.1, -0.05) is 12.1 Å². The summed E-state index contributed by atoms with van der Waals surface area (Å²) in [5.74, 6) is -0.0799. The number of carbonyl (C=O) groups is 1. The standard InChI is InChI=1S/C8H11N5O/c9-7(10)12-5-3-1-2-4-6(5)13-8(11)14/h1-4H,(H4,9,10,12)(H3,11,13,14). The fourth-order valence-corrected chi connectivity index (χ4v) is 0.949. The van der Waals surface area contributed by atoms with E-state index in [0.29, 0.717) is 11.4 Å². The molecule has 0 fully saturated rings. The van der Waals surface area contributed by atoms with Gasteiger partial charge in [0.2, 0.25) is 0 Å². The highest BCUT2D eigenvalue weighted by Crippen LogP contribution is 2.23. The van der Waals surface area contributed by atoms with Crippen LogP contribution in [0.5, 0.6) is 0 Å². The minimum Gasteiger partial charge on any atom is -0.370 e.